The number of nitrogens with zero attached hydrogens (tertiary/aromatic N) is 1. The van der Waals surface area contributed by atoms with Crippen molar-refractivity contribution in [1.82, 2.24) is 10.2 Å². The molecule has 0 saturated carbocycles. The lowest BCUT2D eigenvalue weighted by Gasteiger charge is -2.26. The number of nitrogens with one attached hydrogen (secondary N) is 1. The molecule has 0 spiro atoms. The summed E-state index contributed by atoms with van der Waals surface area (Å²) in [4.78, 5) is 12.8. The van der Waals surface area contributed by atoms with Crippen LogP contribution in [0.5, 0.6) is 0 Å². The number of carboxylic acids is 1. The highest BCUT2D eigenvalue weighted by atomic mass is 19.4. The van der Waals surface area contributed by atoms with Crippen molar-refractivity contribution in [3.05, 3.63) is 70.8 Å². The molecule has 2 rings (SSSR count). The standard InChI is InChI=1S/C19H21F3N2O2/c1-24(2)17(14-6-4-8-16(10-14)19(20,21)22)12-23-11-13-5-3-7-15(9-13)18(25)26/h3-10,17,23H,11-12H2,1-2H3,(H,25,26). The van der Waals surface area contributed by atoms with E-state index < -0.39 is 17.7 Å². The summed E-state index contributed by atoms with van der Waals surface area (Å²) in [7, 11) is 3.61. The number of benzene rings is 2. The van der Waals surface area contributed by atoms with Gasteiger partial charge in [0.05, 0.1) is 11.1 Å². The van der Waals surface area contributed by atoms with E-state index in [1.807, 2.05) is 4.90 Å². The third-order valence-electron chi connectivity index (χ3n) is 4.06. The molecule has 0 aromatic heterocycles. The van der Waals surface area contributed by atoms with Crippen molar-refractivity contribution in [1.29, 1.82) is 0 Å². The Kier molecular flexibility index (Phi) is 6.39. The van der Waals surface area contributed by atoms with Gasteiger partial charge in [0.25, 0.3) is 0 Å². The van der Waals surface area contributed by atoms with Crippen molar-refractivity contribution in [2.24, 2.45) is 0 Å². The van der Waals surface area contributed by atoms with Gasteiger partial charge in [-0.15, -0.1) is 0 Å². The molecular weight excluding hydrogens is 345 g/mol. The monoisotopic (exact) mass is 366 g/mol. The Hall–Kier alpha value is -2.38. The molecule has 0 aliphatic carbocycles. The van der Waals surface area contributed by atoms with E-state index in [4.69, 9.17) is 5.11 Å². The molecule has 7 heteroatoms. The first-order valence-corrected chi connectivity index (χ1v) is 8.05. The highest BCUT2D eigenvalue weighted by Gasteiger charge is 2.31. The quantitative estimate of drug-likeness (QED) is 0.783. The molecule has 2 aromatic carbocycles. The van der Waals surface area contributed by atoms with Crippen LogP contribution in [0.1, 0.15) is 33.1 Å². The smallest absolute Gasteiger partial charge is 0.416 e. The first-order valence-electron chi connectivity index (χ1n) is 8.05. The van der Waals surface area contributed by atoms with Gasteiger partial charge in [0, 0.05) is 19.1 Å². The van der Waals surface area contributed by atoms with Gasteiger partial charge >= 0.3 is 12.1 Å². The fourth-order valence-corrected chi connectivity index (χ4v) is 2.69. The number of carbonyl (C=O) groups is 1. The highest BCUT2D eigenvalue weighted by molar-refractivity contribution is 5.87. The average Bonchev–Trinajstić information content (AvgIpc) is 2.58. The van der Waals surface area contributed by atoms with Gasteiger partial charge in [0.15, 0.2) is 0 Å². The lowest BCUT2D eigenvalue weighted by molar-refractivity contribution is -0.137. The third-order valence-corrected chi connectivity index (χ3v) is 4.06. The van der Waals surface area contributed by atoms with Crippen LogP contribution in [0, 0.1) is 0 Å². The maximum Gasteiger partial charge on any atom is 0.416 e. The Balaban J connectivity index is 2.08. The predicted molar refractivity (Wildman–Crippen MR) is 93.0 cm³/mol. The Morgan fingerprint density at radius 2 is 1.85 bits per heavy atom. The Labute approximate surface area is 150 Å². The zero-order valence-electron chi connectivity index (χ0n) is 14.5. The Morgan fingerprint density at radius 3 is 2.46 bits per heavy atom. The van der Waals surface area contributed by atoms with Gasteiger partial charge in [-0.2, -0.15) is 13.2 Å². The second-order valence-electron chi connectivity index (χ2n) is 6.24. The molecular formula is C19H21F3N2O2. The van der Waals surface area contributed by atoms with Crippen LogP contribution in [0.2, 0.25) is 0 Å². The van der Waals surface area contributed by atoms with E-state index in [0.717, 1.165) is 17.7 Å². The highest BCUT2D eigenvalue weighted by Crippen LogP contribution is 2.31. The second-order valence-corrected chi connectivity index (χ2v) is 6.24. The molecule has 26 heavy (non-hydrogen) atoms. The van der Waals surface area contributed by atoms with Crippen molar-refractivity contribution >= 4 is 5.97 Å². The molecule has 0 bridgehead atoms. The van der Waals surface area contributed by atoms with Crippen LogP contribution in [-0.4, -0.2) is 36.6 Å². The zero-order chi connectivity index (χ0) is 19.3. The molecule has 0 fully saturated rings. The summed E-state index contributed by atoms with van der Waals surface area (Å²) in [6.45, 7) is 0.843. The lowest BCUT2D eigenvalue weighted by Crippen LogP contribution is -2.31. The molecule has 2 N–H and O–H groups in total. The number of hydrogen-bond acceptors (Lipinski definition) is 3. The number of likely N-dealkylation sites (N-methyl/N-ethyl adjacent to an activating group) is 1. The molecule has 0 saturated heterocycles. The van der Waals surface area contributed by atoms with Gasteiger partial charge in [-0.05, 0) is 49.5 Å². The van der Waals surface area contributed by atoms with Crippen LogP contribution in [0.4, 0.5) is 13.2 Å². The fourth-order valence-electron chi connectivity index (χ4n) is 2.69. The molecule has 140 valence electrons. The van der Waals surface area contributed by atoms with Gasteiger partial charge in [0.1, 0.15) is 0 Å². The maximum atomic E-state index is 12.9. The van der Waals surface area contributed by atoms with Crippen LogP contribution < -0.4 is 5.32 Å². The minimum absolute atomic E-state index is 0.200. The summed E-state index contributed by atoms with van der Waals surface area (Å²) in [5, 5.41) is 12.2. The van der Waals surface area contributed by atoms with Gasteiger partial charge in [0.2, 0.25) is 0 Å². The number of aromatic carboxylic acids is 1. The van der Waals surface area contributed by atoms with Gasteiger partial charge in [-0.1, -0.05) is 24.3 Å². The third kappa shape index (κ3) is 5.31. The number of alkyl halides is 3. The zero-order valence-corrected chi connectivity index (χ0v) is 14.5. The predicted octanol–water partition coefficient (Wildman–Crippen LogP) is 3.80. The minimum atomic E-state index is -4.38. The summed E-state index contributed by atoms with van der Waals surface area (Å²) < 4.78 is 38.8. The molecule has 1 atom stereocenters. The maximum absolute atomic E-state index is 12.9. The van der Waals surface area contributed by atoms with Crippen molar-refractivity contribution in [2.45, 2.75) is 18.8 Å². The molecule has 0 aliphatic heterocycles. The van der Waals surface area contributed by atoms with E-state index >= 15 is 0 Å². The largest absolute Gasteiger partial charge is 0.478 e. The summed E-state index contributed by atoms with van der Waals surface area (Å²) in [5.74, 6) is -0.998. The number of halogens is 3. The normalized spacial score (nSPS) is 13.0. The number of hydrogen-bond donors (Lipinski definition) is 2. The topological polar surface area (TPSA) is 52.6 Å². The summed E-state index contributed by atoms with van der Waals surface area (Å²) in [5.41, 5.74) is 0.894. The summed E-state index contributed by atoms with van der Waals surface area (Å²) >= 11 is 0. The summed E-state index contributed by atoms with van der Waals surface area (Å²) in [6, 6.07) is 11.6. The van der Waals surface area contributed by atoms with E-state index in [0.29, 0.717) is 18.7 Å². The first kappa shape index (κ1) is 19.9. The van der Waals surface area contributed by atoms with E-state index in [1.54, 1.807) is 38.4 Å². The van der Waals surface area contributed by atoms with Crippen molar-refractivity contribution < 1.29 is 23.1 Å². The fraction of sp³-hybridized carbons (Fsp3) is 0.316. The van der Waals surface area contributed by atoms with Crippen LogP contribution in [-0.2, 0) is 12.7 Å². The molecule has 0 amide bonds. The number of rotatable bonds is 7. The second kappa shape index (κ2) is 8.33. The van der Waals surface area contributed by atoms with Crippen molar-refractivity contribution in [3.8, 4) is 0 Å². The number of carboxylic acid groups (broad SMARTS) is 1. The van der Waals surface area contributed by atoms with Crippen LogP contribution in [0.3, 0.4) is 0 Å². The van der Waals surface area contributed by atoms with Crippen LogP contribution in [0.25, 0.3) is 0 Å². The molecule has 0 heterocycles. The van der Waals surface area contributed by atoms with E-state index in [-0.39, 0.29) is 11.6 Å². The van der Waals surface area contributed by atoms with E-state index in [9.17, 15) is 18.0 Å². The van der Waals surface area contributed by atoms with E-state index in [2.05, 4.69) is 5.32 Å². The van der Waals surface area contributed by atoms with Crippen LogP contribution in [0.15, 0.2) is 48.5 Å². The van der Waals surface area contributed by atoms with Gasteiger partial charge < -0.3 is 15.3 Å². The summed E-state index contributed by atoms with van der Waals surface area (Å²) in [6.07, 6.45) is -4.38. The average molecular weight is 366 g/mol. The van der Waals surface area contributed by atoms with Gasteiger partial charge in [-0.25, -0.2) is 4.79 Å². The molecule has 0 aliphatic rings. The van der Waals surface area contributed by atoms with Crippen molar-refractivity contribution in [2.75, 3.05) is 20.6 Å². The SMILES string of the molecule is CN(C)C(CNCc1cccc(C(=O)O)c1)c1cccc(C(F)(F)F)c1. The minimum Gasteiger partial charge on any atom is -0.478 e. The van der Waals surface area contributed by atoms with Gasteiger partial charge in [-0.3, -0.25) is 0 Å². The Bertz CT molecular complexity index is 760. The molecule has 1 unspecified atom stereocenters. The van der Waals surface area contributed by atoms with E-state index in [1.165, 1.54) is 12.1 Å². The molecule has 4 nitrogen and oxygen atoms in total. The molecule has 2 aromatic rings. The van der Waals surface area contributed by atoms with Crippen LogP contribution >= 0.6 is 0 Å². The lowest BCUT2D eigenvalue weighted by atomic mass is 10.0. The Morgan fingerprint density at radius 1 is 1.15 bits per heavy atom. The molecule has 0 radical (unpaired) electrons. The van der Waals surface area contributed by atoms with Crippen molar-refractivity contribution in [3.63, 3.8) is 0 Å². The first-order chi connectivity index (χ1) is 12.2.